The van der Waals surface area contributed by atoms with Crippen molar-refractivity contribution in [3.05, 3.63) is 16.3 Å². The second-order valence-electron chi connectivity index (χ2n) is 4.70. The van der Waals surface area contributed by atoms with Gasteiger partial charge in [-0.1, -0.05) is 13.8 Å². The molecule has 1 aromatic rings. The Balaban J connectivity index is 2.96. The zero-order valence-electron chi connectivity index (χ0n) is 12.0. The number of aliphatic hydroxyl groups excluding tert-OH is 1. The third-order valence-corrected chi connectivity index (χ3v) is 3.01. The zero-order valence-corrected chi connectivity index (χ0v) is 12.0. The van der Waals surface area contributed by atoms with E-state index in [4.69, 9.17) is 5.11 Å². The van der Waals surface area contributed by atoms with Crippen molar-refractivity contribution >= 4 is 17.5 Å². The topological polar surface area (TPSA) is 113 Å². The molecule has 0 bridgehead atoms. The van der Waals surface area contributed by atoms with Crippen LogP contribution < -0.4 is 10.6 Å². The van der Waals surface area contributed by atoms with Crippen LogP contribution in [0.15, 0.2) is 6.20 Å². The normalized spacial score (nSPS) is 13.6. The Morgan fingerprint density at radius 3 is 2.75 bits per heavy atom. The van der Waals surface area contributed by atoms with Crippen molar-refractivity contribution in [1.82, 2.24) is 9.97 Å². The van der Waals surface area contributed by atoms with Gasteiger partial charge in [-0.05, 0) is 19.3 Å². The molecule has 2 atom stereocenters. The lowest BCUT2D eigenvalue weighted by molar-refractivity contribution is -0.384. The van der Waals surface area contributed by atoms with Gasteiger partial charge in [0, 0.05) is 19.2 Å². The van der Waals surface area contributed by atoms with Crippen molar-refractivity contribution in [2.24, 2.45) is 5.92 Å². The average Bonchev–Trinajstić information content (AvgIpc) is 2.43. The summed E-state index contributed by atoms with van der Waals surface area (Å²) in [6, 6.07) is -0.146. The molecule has 0 aliphatic rings. The molecule has 1 aromatic heterocycles. The summed E-state index contributed by atoms with van der Waals surface area (Å²) in [5.41, 5.74) is -0.177. The van der Waals surface area contributed by atoms with Gasteiger partial charge in [-0.2, -0.15) is 4.98 Å². The number of hydrogen-bond acceptors (Lipinski definition) is 7. The summed E-state index contributed by atoms with van der Waals surface area (Å²) in [6.07, 6.45) is 2.09. The number of anilines is 2. The van der Waals surface area contributed by atoms with Crippen LogP contribution in [0.2, 0.25) is 0 Å². The van der Waals surface area contributed by atoms with Crippen LogP contribution in [-0.2, 0) is 0 Å². The molecule has 112 valence electrons. The standard InChI is InChI=1S/C12H21N5O3/c1-4-5-13-12-14-6-10(17(19)20)11(16-12)15-9(3)8(2)7-18/h6,8-9,18H,4-5,7H2,1-3H3,(H2,13,14,15,16). The molecule has 0 saturated heterocycles. The van der Waals surface area contributed by atoms with Crippen molar-refractivity contribution in [3.63, 3.8) is 0 Å². The summed E-state index contributed by atoms with van der Waals surface area (Å²) in [7, 11) is 0. The van der Waals surface area contributed by atoms with Crippen LogP contribution in [0.1, 0.15) is 27.2 Å². The summed E-state index contributed by atoms with van der Waals surface area (Å²) in [6.45, 7) is 6.38. The van der Waals surface area contributed by atoms with Crippen LogP contribution in [0.5, 0.6) is 0 Å². The highest BCUT2D eigenvalue weighted by molar-refractivity contribution is 5.57. The number of aliphatic hydroxyl groups is 1. The SMILES string of the molecule is CCCNc1ncc([N+](=O)[O-])c(NC(C)C(C)CO)n1. The molecule has 0 aliphatic carbocycles. The predicted molar refractivity (Wildman–Crippen MR) is 76.8 cm³/mol. The Bertz CT molecular complexity index is 455. The Hall–Kier alpha value is -1.96. The molecular formula is C12H21N5O3. The number of rotatable bonds is 8. The minimum absolute atomic E-state index is 0.00596. The first-order chi connectivity index (χ1) is 9.49. The van der Waals surface area contributed by atoms with Gasteiger partial charge in [-0.15, -0.1) is 0 Å². The molecule has 8 nitrogen and oxygen atoms in total. The molecule has 0 amide bonds. The maximum Gasteiger partial charge on any atom is 0.329 e. The van der Waals surface area contributed by atoms with E-state index in [0.717, 1.165) is 6.42 Å². The van der Waals surface area contributed by atoms with Gasteiger partial charge >= 0.3 is 5.69 Å². The molecule has 0 aromatic carbocycles. The first-order valence-corrected chi connectivity index (χ1v) is 6.62. The van der Waals surface area contributed by atoms with E-state index < -0.39 is 4.92 Å². The highest BCUT2D eigenvalue weighted by Crippen LogP contribution is 2.23. The van der Waals surface area contributed by atoms with Crippen molar-refractivity contribution in [1.29, 1.82) is 0 Å². The van der Waals surface area contributed by atoms with Crippen molar-refractivity contribution < 1.29 is 10.0 Å². The summed E-state index contributed by atoms with van der Waals surface area (Å²) >= 11 is 0. The molecule has 0 spiro atoms. The molecule has 0 radical (unpaired) electrons. The minimum Gasteiger partial charge on any atom is -0.396 e. The Labute approximate surface area is 117 Å². The van der Waals surface area contributed by atoms with Gasteiger partial charge in [0.2, 0.25) is 11.8 Å². The van der Waals surface area contributed by atoms with E-state index in [1.165, 1.54) is 6.20 Å². The Morgan fingerprint density at radius 1 is 1.50 bits per heavy atom. The fourth-order valence-electron chi connectivity index (χ4n) is 1.45. The van der Waals surface area contributed by atoms with E-state index in [2.05, 4.69) is 20.6 Å². The molecule has 1 heterocycles. The monoisotopic (exact) mass is 283 g/mol. The highest BCUT2D eigenvalue weighted by Gasteiger charge is 2.20. The second-order valence-corrected chi connectivity index (χ2v) is 4.70. The van der Waals surface area contributed by atoms with Crippen molar-refractivity contribution in [2.45, 2.75) is 33.2 Å². The van der Waals surface area contributed by atoms with Gasteiger partial charge in [-0.25, -0.2) is 4.98 Å². The fourth-order valence-corrected chi connectivity index (χ4v) is 1.45. The first kappa shape index (κ1) is 16.1. The number of nitro groups is 1. The minimum atomic E-state index is -0.526. The van der Waals surface area contributed by atoms with Crippen LogP contribution >= 0.6 is 0 Å². The van der Waals surface area contributed by atoms with E-state index in [-0.39, 0.29) is 30.1 Å². The third-order valence-electron chi connectivity index (χ3n) is 3.01. The molecule has 1 rings (SSSR count). The summed E-state index contributed by atoms with van der Waals surface area (Å²) in [5, 5.41) is 26.0. The average molecular weight is 283 g/mol. The van der Waals surface area contributed by atoms with E-state index in [1.54, 1.807) is 0 Å². The van der Waals surface area contributed by atoms with Gasteiger partial charge in [0.15, 0.2) is 0 Å². The number of hydrogen-bond donors (Lipinski definition) is 3. The maximum absolute atomic E-state index is 11.0. The predicted octanol–water partition coefficient (Wildman–Crippen LogP) is 1.64. The second kappa shape index (κ2) is 7.59. The lowest BCUT2D eigenvalue weighted by Crippen LogP contribution is -2.27. The molecule has 0 fully saturated rings. The molecule has 8 heteroatoms. The Morgan fingerprint density at radius 2 is 2.20 bits per heavy atom. The van der Waals surface area contributed by atoms with Crippen molar-refractivity contribution in [2.75, 3.05) is 23.8 Å². The summed E-state index contributed by atoms with van der Waals surface area (Å²) in [4.78, 5) is 18.5. The van der Waals surface area contributed by atoms with Crippen LogP contribution in [-0.4, -0.2) is 39.2 Å². The van der Waals surface area contributed by atoms with Crippen LogP contribution in [0.25, 0.3) is 0 Å². The zero-order chi connectivity index (χ0) is 15.1. The van der Waals surface area contributed by atoms with Crippen molar-refractivity contribution in [3.8, 4) is 0 Å². The van der Waals surface area contributed by atoms with Gasteiger partial charge in [0.05, 0.1) is 4.92 Å². The van der Waals surface area contributed by atoms with E-state index in [9.17, 15) is 10.1 Å². The lowest BCUT2D eigenvalue weighted by atomic mass is 10.1. The van der Waals surface area contributed by atoms with E-state index in [1.807, 2.05) is 20.8 Å². The molecule has 20 heavy (non-hydrogen) atoms. The smallest absolute Gasteiger partial charge is 0.329 e. The third kappa shape index (κ3) is 4.30. The molecular weight excluding hydrogens is 262 g/mol. The van der Waals surface area contributed by atoms with Gasteiger partial charge in [0.25, 0.3) is 0 Å². The highest BCUT2D eigenvalue weighted by atomic mass is 16.6. The largest absolute Gasteiger partial charge is 0.396 e. The molecule has 3 N–H and O–H groups in total. The molecule has 2 unspecified atom stereocenters. The van der Waals surface area contributed by atoms with Crippen LogP contribution in [0, 0.1) is 16.0 Å². The molecule has 0 saturated carbocycles. The first-order valence-electron chi connectivity index (χ1n) is 6.62. The summed E-state index contributed by atoms with van der Waals surface area (Å²) in [5.74, 6) is 0.469. The number of aromatic nitrogens is 2. The van der Waals surface area contributed by atoms with Gasteiger partial charge in [0.1, 0.15) is 6.20 Å². The van der Waals surface area contributed by atoms with E-state index in [0.29, 0.717) is 12.5 Å². The lowest BCUT2D eigenvalue weighted by Gasteiger charge is -2.19. The van der Waals surface area contributed by atoms with E-state index >= 15 is 0 Å². The Kier molecular flexibility index (Phi) is 6.10. The number of nitrogens with zero attached hydrogens (tertiary/aromatic N) is 3. The quantitative estimate of drug-likeness (QED) is 0.491. The van der Waals surface area contributed by atoms with Gasteiger partial charge in [-0.3, -0.25) is 10.1 Å². The van der Waals surface area contributed by atoms with Crippen LogP contribution in [0.3, 0.4) is 0 Å². The maximum atomic E-state index is 11.0. The van der Waals surface area contributed by atoms with Crippen LogP contribution in [0.4, 0.5) is 17.5 Å². The fraction of sp³-hybridized carbons (Fsp3) is 0.667. The number of nitrogens with one attached hydrogen (secondary N) is 2. The van der Waals surface area contributed by atoms with Gasteiger partial charge < -0.3 is 15.7 Å². The summed E-state index contributed by atoms with van der Waals surface area (Å²) < 4.78 is 0. The molecule has 0 aliphatic heterocycles.